The van der Waals surface area contributed by atoms with Crippen LogP contribution in [0.4, 0.5) is 4.39 Å². The molecule has 9 nitrogen and oxygen atoms in total. The van der Waals surface area contributed by atoms with Gasteiger partial charge in [-0.15, -0.1) is 0 Å². The summed E-state index contributed by atoms with van der Waals surface area (Å²) in [4.78, 5) is 39.0. The van der Waals surface area contributed by atoms with E-state index in [0.29, 0.717) is 35.3 Å². The minimum absolute atomic E-state index is 0.00743. The Morgan fingerprint density at radius 1 is 1.29 bits per heavy atom. The van der Waals surface area contributed by atoms with E-state index >= 15 is 0 Å². The molecule has 1 amide bonds. The molecule has 3 aromatic rings. The zero-order valence-corrected chi connectivity index (χ0v) is 22.5. The Bertz CT molecular complexity index is 1430. The van der Waals surface area contributed by atoms with Gasteiger partial charge in [-0.05, 0) is 56.0 Å². The van der Waals surface area contributed by atoms with Crippen LogP contribution < -0.4 is 16.6 Å². The van der Waals surface area contributed by atoms with Gasteiger partial charge < -0.3 is 30.3 Å². The number of nitrogens with zero attached hydrogens (tertiary/aromatic N) is 2. The van der Waals surface area contributed by atoms with E-state index in [-0.39, 0.29) is 41.6 Å². The summed E-state index contributed by atoms with van der Waals surface area (Å²) >= 11 is 0. The van der Waals surface area contributed by atoms with Gasteiger partial charge in [0.25, 0.3) is 5.56 Å². The van der Waals surface area contributed by atoms with Crippen LogP contribution in [0.3, 0.4) is 0 Å². The molecule has 0 bridgehead atoms. The Labute approximate surface area is 220 Å². The molecule has 204 valence electrons. The molecular weight excluding hydrogens is 491 g/mol. The number of rotatable bonds is 6. The minimum Gasteiger partial charge on any atom is -0.381 e. The molecule has 1 aromatic carbocycles. The molecule has 38 heavy (non-hydrogen) atoms. The van der Waals surface area contributed by atoms with Crippen LogP contribution in [-0.4, -0.2) is 47.6 Å². The van der Waals surface area contributed by atoms with Crippen LogP contribution in [-0.2, 0) is 40.3 Å². The van der Waals surface area contributed by atoms with Crippen molar-refractivity contribution >= 4 is 23.1 Å². The number of pyridine rings is 2. The monoisotopic (exact) mass is 526 g/mol. The van der Waals surface area contributed by atoms with Crippen LogP contribution in [0.25, 0.3) is 22.3 Å². The number of carbonyl (C=O) groups is 2. The quantitative estimate of drug-likeness (QED) is 0.328. The summed E-state index contributed by atoms with van der Waals surface area (Å²) in [5, 5.41) is 13.8. The number of methoxy groups -OCH3 is 1. The molecule has 10 heteroatoms. The number of amides is 1. The number of aliphatic hydroxyl groups excluding tert-OH is 1. The predicted molar refractivity (Wildman–Crippen MR) is 143 cm³/mol. The molecule has 2 aliphatic rings. The number of aromatic nitrogens is 2. The van der Waals surface area contributed by atoms with E-state index in [1.54, 1.807) is 24.6 Å². The van der Waals surface area contributed by atoms with Crippen molar-refractivity contribution in [2.75, 3.05) is 20.7 Å². The van der Waals surface area contributed by atoms with Gasteiger partial charge in [-0.25, -0.2) is 9.37 Å². The van der Waals surface area contributed by atoms with Crippen molar-refractivity contribution in [1.29, 1.82) is 0 Å². The lowest BCUT2D eigenvalue weighted by Gasteiger charge is -2.21. The topological polar surface area (TPSA) is 137 Å². The molecule has 0 fully saturated rings. The first-order valence-electron chi connectivity index (χ1n) is 12.7. The molecule has 0 radical (unpaired) electrons. The number of hydrogen-bond donors (Lipinski definition) is 3. The fourth-order valence-corrected chi connectivity index (χ4v) is 5.13. The summed E-state index contributed by atoms with van der Waals surface area (Å²) < 4.78 is 21.3. The molecule has 5 rings (SSSR count). The molecule has 4 N–H and O–H groups in total. The van der Waals surface area contributed by atoms with Crippen LogP contribution in [0, 0.1) is 12.7 Å². The van der Waals surface area contributed by atoms with Crippen molar-refractivity contribution in [2.45, 2.75) is 59.3 Å². The highest BCUT2D eigenvalue weighted by Gasteiger charge is 2.31. The number of aldehydes is 1. The minimum atomic E-state index is -1.43. The molecule has 0 saturated heterocycles. The van der Waals surface area contributed by atoms with Crippen molar-refractivity contribution in [2.24, 2.45) is 5.73 Å². The summed E-state index contributed by atoms with van der Waals surface area (Å²) in [5.41, 5.74) is 10.4. The van der Waals surface area contributed by atoms with Crippen molar-refractivity contribution in [3.05, 3.63) is 61.7 Å². The summed E-state index contributed by atoms with van der Waals surface area (Å²) in [5.74, 6) is -0.599. The van der Waals surface area contributed by atoms with E-state index in [1.807, 2.05) is 13.8 Å². The number of hydrogen-bond acceptors (Lipinski definition) is 7. The number of likely N-dealkylation sites (N-methyl/N-ethyl adjacent to an activating group) is 1. The zero-order chi connectivity index (χ0) is 28.1. The van der Waals surface area contributed by atoms with Gasteiger partial charge in [0.05, 0.1) is 36.6 Å². The highest BCUT2D eigenvalue weighted by atomic mass is 19.1. The normalized spacial score (nSPS) is 13.4. The van der Waals surface area contributed by atoms with E-state index in [0.717, 1.165) is 41.3 Å². The number of nitrogens with two attached hydrogens (primary N) is 1. The summed E-state index contributed by atoms with van der Waals surface area (Å²) in [7, 11) is 3.13. The van der Waals surface area contributed by atoms with Crippen LogP contribution in [0.5, 0.6) is 0 Å². The van der Waals surface area contributed by atoms with Crippen LogP contribution >= 0.6 is 0 Å². The molecular formula is C28H35FN4O5. The highest BCUT2D eigenvalue weighted by molar-refractivity contribution is 5.92. The van der Waals surface area contributed by atoms with Crippen molar-refractivity contribution < 1.29 is 23.8 Å². The van der Waals surface area contributed by atoms with E-state index in [2.05, 4.69) is 5.32 Å². The molecule has 2 aromatic heterocycles. The van der Waals surface area contributed by atoms with Gasteiger partial charge in [-0.1, -0.05) is 13.8 Å². The summed E-state index contributed by atoms with van der Waals surface area (Å²) in [6.07, 6.45) is 1.54. The van der Waals surface area contributed by atoms with Crippen molar-refractivity contribution in [3.63, 3.8) is 0 Å². The number of nitrogens with one attached hydrogen (secondary N) is 1. The van der Waals surface area contributed by atoms with Gasteiger partial charge in [0.15, 0.2) is 6.29 Å². The van der Waals surface area contributed by atoms with Gasteiger partial charge in [0, 0.05) is 35.3 Å². The number of fused-ring (bicyclic) bond motifs is 4. The maximum atomic E-state index is 14.5. The number of benzene rings is 1. The third-order valence-electron chi connectivity index (χ3n) is 6.75. The molecule has 1 aliphatic carbocycles. The Balaban J connectivity index is 0.000000443. The van der Waals surface area contributed by atoms with Gasteiger partial charge in [0.2, 0.25) is 5.91 Å². The molecule has 1 aliphatic heterocycles. The standard InChI is InChI=1S/C23H21FN2O4.C3H8N2O.C2H6/c1-11-12-4-3-5-13-15-8-26-19(22(15)25-18(21(12)13)7-17(11)24)6-14(20(28)9-27)16(10-30-2)23(26)29;1-5-2-3(4)6;1-2/h6-7,9,20,28H,3-5,8,10H2,1-2H3;5H,2H2,1H3,(H2,4,6);1-2H3. The van der Waals surface area contributed by atoms with Gasteiger partial charge in [-0.3, -0.25) is 9.59 Å². The van der Waals surface area contributed by atoms with Crippen LogP contribution in [0.1, 0.15) is 59.8 Å². The zero-order valence-electron chi connectivity index (χ0n) is 22.5. The van der Waals surface area contributed by atoms with Crippen LogP contribution in [0.15, 0.2) is 16.9 Å². The molecule has 1 atom stereocenters. The van der Waals surface area contributed by atoms with Crippen molar-refractivity contribution in [1.82, 2.24) is 14.9 Å². The Morgan fingerprint density at radius 2 is 1.97 bits per heavy atom. The lowest BCUT2D eigenvalue weighted by atomic mass is 9.85. The van der Waals surface area contributed by atoms with Gasteiger partial charge in [0.1, 0.15) is 11.9 Å². The van der Waals surface area contributed by atoms with Gasteiger partial charge in [-0.2, -0.15) is 0 Å². The Kier molecular flexibility index (Phi) is 9.48. The average molecular weight is 527 g/mol. The SMILES string of the molecule is CC.CNCC(N)=O.COCc1c(C(O)C=O)cc2n(c1=O)Cc1c-2nc2cc(F)c(C)c3c2c1CCC3. The summed E-state index contributed by atoms with van der Waals surface area (Å²) in [6.45, 7) is 6.42. The fraction of sp³-hybridized carbons (Fsp3) is 0.429. The summed E-state index contributed by atoms with van der Waals surface area (Å²) in [6, 6.07) is 3.10. The van der Waals surface area contributed by atoms with E-state index in [9.17, 15) is 23.9 Å². The molecule has 0 saturated carbocycles. The first-order valence-corrected chi connectivity index (χ1v) is 12.7. The predicted octanol–water partition coefficient (Wildman–Crippen LogP) is 2.46. The first kappa shape index (κ1) is 29.1. The first-order chi connectivity index (χ1) is 18.2. The average Bonchev–Trinajstić information content (AvgIpc) is 3.28. The van der Waals surface area contributed by atoms with Crippen LogP contribution in [0.2, 0.25) is 0 Å². The number of aliphatic hydroxyl groups is 1. The Hall–Kier alpha value is -3.47. The smallest absolute Gasteiger partial charge is 0.257 e. The van der Waals surface area contributed by atoms with E-state index < -0.39 is 6.10 Å². The largest absolute Gasteiger partial charge is 0.381 e. The van der Waals surface area contributed by atoms with E-state index in [1.165, 1.54) is 13.2 Å². The highest BCUT2D eigenvalue weighted by Crippen LogP contribution is 2.41. The third kappa shape index (κ3) is 5.24. The number of primary amides is 1. The lowest BCUT2D eigenvalue weighted by Crippen LogP contribution is -2.26. The molecule has 3 heterocycles. The number of halogens is 1. The number of aryl methyl sites for hydroxylation is 2. The fourth-order valence-electron chi connectivity index (χ4n) is 5.13. The second-order valence-corrected chi connectivity index (χ2v) is 8.99. The number of ether oxygens (including phenoxy) is 1. The van der Waals surface area contributed by atoms with Gasteiger partial charge >= 0.3 is 0 Å². The number of carbonyl (C=O) groups excluding carboxylic acids is 2. The third-order valence-corrected chi connectivity index (χ3v) is 6.75. The lowest BCUT2D eigenvalue weighted by molar-refractivity contribution is -0.117. The molecule has 1 unspecified atom stereocenters. The Morgan fingerprint density at radius 3 is 2.55 bits per heavy atom. The second-order valence-electron chi connectivity index (χ2n) is 8.99. The van der Waals surface area contributed by atoms with Crippen molar-refractivity contribution in [3.8, 4) is 11.4 Å². The maximum Gasteiger partial charge on any atom is 0.257 e. The second kappa shape index (κ2) is 12.4. The van der Waals surface area contributed by atoms with E-state index in [4.69, 9.17) is 15.5 Å². The molecule has 0 spiro atoms. The maximum absolute atomic E-state index is 14.5.